The van der Waals surface area contributed by atoms with Crippen molar-refractivity contribution in [3.05, 3.63) is 65.7 Å². The zero-order chi connectivity index (χ0) is 18.8. The van der Waals surface area contributed by atoms with E-state index in [1.807, 2.05) is 44.0 Å². The molecule has 1 atom stereocenters. The van der Waals surface area contributed by atoms with Gasteiger partial charge in [-0.3, -0.25) is 9.69 Å². The Morgan fingerprint density at radius 2 is 1.69 bits per heavy atom. The van der Waals surface area contributed by atoms with Crippen LogP contribution in [0, 0.1) is 0 Å². The van der Waals surface area contributed by atoms with Crippen LogP contribution in [-0.4, -0.2) is 43.7 Å². The highest BCUT2D eigenvalue weighted by Crippen LogP contribution is 2.15. The minimum Gasteiger partial charge on any atom is -0.494 e. The summed E-state index contributed by atoms with van der Waals surface area (Å²) in [5, 5.41) is 0. The summed E-state index contributed by atoms with van der Waals surface area (Å²) in [6, 6.07) is 18.5. The summed E-state index contributed by atoms with van der Waals surface area (Å²) in [5.74, 6) is 0.702. The van der Waals surface area contributed by atoms with E-state index in [0.717, 1.165) is 25.1 Å². The summed E-state index contributed by atoms with van der Waals surface area (Å²) in [6.07, 6.45) is 1.78. The van der Waals surface area contributed by atoms with Crippen molar-refractivity contribution in [3.63, 3.8) is 0 Å². The SMILES string of the molecule is CCOC(=O)C(C)N(C)CCCOc1ccc(Cc2ccccc2)cc1. The van der Waals surface area contributed by atoms with Gasteiger partial charge in [0.25, 0.3) is 0 Å². The van der Waals surface area contributed by atoms with E-state index in [1.165, 1.54) is 11.1 Å². The first-order chi connectivity index (χ1) is 12.6. The fourth-order valence-corrected chi connectivity index (χ4v) is 2.68. The predicted octanol–water partition coefficient (Wildman–Crippen LogP) is 3.93. The molecule has 4 heteroatoms. The Balaban J connectivity index is 1.70. The van der Waals surface area contributed by atoms with Gasteiger partial charge in [0.1, 0.15) is 11.8 Å². The van der Waals surface area contributed by atoms with E-state index in [0.29, 0.717) is 13.2 Å². The molecule has 140 valence electrons. The molecule has 0 radical (unpaired) electrons. The molecule has 0 spiro atoms. The van der Waals surface area contributed by atoms with Crippen LogP contribution >= 0.6 is 0 Å². The van der Waals surface area contributed by atoms with Crippen molar-refractivity contribution in [3.8, 4) is 5.75 Å². The van der Waals surface area contributed by atoms with Gasteiger partial charge in [0.15, 0.2) is 0 Å². The number of esters is 1. The third kappa shape index (κ3) is 6.52. The van der Waals surface area contributed by atoms with Crippen molar-refractivity contribution >= 4 is 5.97 Å². The lowest BCUT2D eigenvalue weighted by Gasteiger charge is -2.22. The summed E-state index contributed by atoms with van der Waals surface area (Å²) in [4.78, 5) is 13.7. The molecule has 0 amide bonds. The summed E-state index contributed by atoms with van der Waals surface area (Å²) >= 11 is 0. The smallest absolute Gasteiger partial charge is 0.323 e. The van der Waals surface area contributed by atoms with Crippen molar-refractivity contribution in [2.24, 2.45) is 0 Å². The summed E-state index contributed by atoms with van der Waals surface area (Å²) < 4.78 is 10.8. The Morgan fingerprint density at radius 3 is 2.35 bits per heavy atom. The summed E-state index contributed by atoms with van der Waals surface area (Å²) in [5.41, 5.74) is 2.58. The van der Waals surface area contributed by atoms with Gasteiger partial charge in [0.05, 0.1) is 13.2 Å². The van der Waals surface area contributed by atoms with Crippen LogP contribution in [0.2, 0.25) is 0 Å². The molecule has 0 heterocycles. The average Bonchev–Trinajstić information content (AvgIpc) is 2.66. The zero-order valence-corrected chi connectivity index (χ0v) is 16.0. The number of carbonyl (C=O) groups is 1. The number of hydrogen-bond acceptors (Lipinski definition) is 4. The lowest BCUT2D eigenvalue weighted by Crippen LogP contribution is -2.38. The van der Waals surface area contributed by atoms with Crippen LogP contribution in [0.3, 0.4) is 0 Å². The highest BCUT2D eigenvalue weighted by atomic mass is 16.5. The van der Waals surface area contributed by atoms with Crippen molar-refractivity contribution in [1.29, 1.82) is 0 Å². The summed E-state index contributed by atoms with van der Waals surface area (Å²) in [6.45, 7) is 5.51. The first-order valence-corrected chi connectivity index (χ1v) is 9.22. The van der Waals surface area contributed by atoms with Gasteiger partial charge in [0, 0.05) is 6.54 Å². The molecule has 1 unspecified atom stereocenters. The molecule has 0 aliphatic rings. The van der Waals surface area contributed by atoms with Crippen molar-refractivity contribution < 1.29 is 14.3 Å². The first kappa shape index (κ1) is 20.0. The number of hydrogen-bond donors (Lipinski definition) is 0. The average molecular weight is 355 g/mol. The lowest BCUT2D eigenvalue weighted by atomic mass is 10.1. The van der Waals surface area contributed by atoms with Gasteiger partial charge in [-0.1, -0.05) is 42.5 Å². The van der Waals surface area contributed by atoms with Gasteiger partial charge < -0.3 is 9.47 Å². The van der Waals surface area contributed by atoms with E-state index < -0.39 is 0 Å². The molecular weight excluding hydrogens is 326 g/mol. The second-order valence-electron chi connectivity index (χ2n) is 6.42. The Kier molecular flexibility index (Phi) is 8.16. The lowest BCUT2D eigenvalue weighted by molar-refractivity contribution is -0.148. The molecule has 0 bridgehead atoms. The quantitative estimate of drug-likeness (QED) is 0.478. The molecule has 2 rings (SSSR count). The van der Waals surface area contributed by atoms with Gasteiger partial charge in [-0.15, -0.1) is 0 Å². The van der Waals surface area contributed by atoms with E-state index in [9.17, 15) is 4.79 Å². The fraction of sp³-hybridized carbons (Fsp3) is 0.409. The van der Waals surface area contributed by atoms with Gasteiger partial charge in [-0.25, -0.2) is 0 Å². The standard InChI is InChI=1S/C22H29NO3/c1-4-25-22(24)18(2)23(3)15-8-16-26-21-13-11-20(12-14-21)17-19-9-6-5-7-10-19/h5-7,9-14,18H,4,8,15-17H2,1-3H3. The van der Waals surface area contributed by atoms with E-state index in [1.54, 1.807) is 0 Å². The van der Waals surface area contributed by atoms with Crippen LogP contribution < -0.4 is 4.74 Å². The maximum absolute atomic E-state index is 11.7. The van der Waals surface area contributed by atoms with Crippen molar-refractivity contribution in [2.75, 3.05) is 26.8 Å². The topological polar surface area (TPSA) is 38.8 Å². The molecule has 2 aromatic rings. The minimum absolute atomic E-state index is 0.176. The van der Waals surface area contributed by atoms with Gasteiger partial charge in [-0.2, -0.15) is 0 Å². The predicted molar refractivity (Wildman–Crippen MR) is 105 cm³/mol. The second kappa shape index (κ2) is 10.6. The highest BCUT2D eigenvalue weighted by molar-refractivity contribution is 5.75. The van der Waals surface area contributed by atoms with E-state index in [-0.39, 0.29) is 12.0 Å². The van der Waals surface area contributed by atoms with Crippen LogP contribution in [0.25, 0.3) is 0 Å². The van der Waals surface area contributed by atoms with Crippen LogP contribution in [0.5, 0.6) is 5.75 Å². The van der Waals surface area contributed by atoms with Crippen LogP contribution in [0.15, 0.2) is 54.6 Å². The molecular formula is C22H29NO3. The summed E-state index contributed by atoms with van der Waals surface area (Å²) in [7, 11) is 1.93. The number of carbonyl (C=O) groups excluding carboxylic acids is 1. The molecule has 0 aromatic heterocycles. The molecule has 2 aromatic carbocycles. The number of benzene rings is 2. The number of ether oxygens (including phenoxy) is 2. The number of nitrogens with zero attached hydrogens (tertiary/aromatic N) is 1. The van der Waals surface area contributed by atoms with E-state index in [2.05, 4.69) is 36.4 Å². The Labute approximate surface area is 156 Å². The normalized spacial score (nSPS) is 12.0. The number of likely N-dealkylation sites (N-methyl/N-ethyl adjacent to an activating group) is 1. The molecule has 0 N–H and O–H groups in total. The van der Waals surface area contributed by atoms with Gasteiger partial charge in [-0.05, 0) is 57.0 Å². The van der Waals surface area contributed by atoms with Crippen LogP contribution in [0.4, 0.5) is 0 Å². The fourth-order valence-electron chi connectivity index (χ4n) is 2.68. The van der Waals surface area contributed by atoms with Gasteiger partial charge in [0.2, 0.25) is 0 Å². The van der Waals surface area contributed by atoms with Crippen molar-refractivity contribution in [2.45, 2.75) is 32.7 Å². The minimum atomic E-state index is -0.229. The largest absolute Gasteiger partial charge is 0.494 e. The molecule has 0 aliphatic carbocycles. The Hall–Kier alpha value is -2.33. The van der Waals surface area contributed by atoms with Crippen LogP contribution in [-0.2, 0) is 16.0 Å². The van der Waals surface area contributed by atoms with Crippen molar-refractivity contribution in [1.82, 2.24) is 4.90 Å². The molecule has 26 heavy (non-hydrogen) atoms. The molecule has 4 nitrogen and oxygen atoms in total. The van der Waals surface area contributed by atoms with Crippen LogP contribution in [0.1, 0.15) is 31.4 Å². The number of rotatable bonds is 10. The third-order valence-corrected chi connectivity index (χ3v) is 4.39. The molecule has 0 aliphatic heterocycles. The molecule has 0 fully saturated rings. The molecule has 0 saturated carbocycles. The Bertz CT molecular complexity index is 655. The second-order valence-corrected chi connectivity index (χ2v) is 6.42. The Morgan fingerprint density at radius 1 is 1.04 bits per heavy atom. The maximum atomic E-state index is 11.7. The first-order valence-electron chi connectivity index (χ1n) is 9.22. The third-order valence-electron chi connectivity index (χ3n) is 4.39. The van der Waals surface area contributed by atoms with E-state index >= 15 is 0 Å². The van der Waals surface area contributed by atoms with E-state index in [4.69, 9.17) is 9.47 Å². The maximum Gasteiger partial charge on any atom is 0.323 e. The highest BCUT2D eigenvalue weighted by Gasteiger charge is 2.18. The zero-order valence-electron chi connectivity index (χ0n) is 16.0. The van der Waals surface area contributed by atoms with Gasteiger partial charge >= 0.3 is 5.97 Å². The monoisotopic (exact) mass is 355 g/mol. The molecule has 0 saturated heterocycles.